The third-order valence-corrected chi connectivity index (χ3v) is 3.31. The van der Waals surface area contributed by atoms with Crippen LogP contribution in [0.1, 0.15) is 24.1 Å². The van der Waals surface area contributed by atoms with Crippen LogP contribution in [-0.2, 0) is 17.8 Å². The number of aromatic nitrogens is 2. The number of likely N-dealkylation sites (N-methyl/N-ethyl adjacent to an activating group) is 1. The van der Waals surface area contributed by atoms with E-state index in [-0.39, 0.29) is 11.8 Å². The maximum absolute atomic E-state index is 11.6. The Morgan fingerprint density at radius 3 is 3.12 bits per heavy atom. The van der Waals surface area contributed by atoms with Crippen LogP contribution in [0.15, 0.2) is 0 Å². The van der Waals surface area contributed by atoms with E-state index in [1.54, 1.807) is 0 Å². The SMILES string of the molecule is CN1CCc2c(NC(=O)C3CC3)n[nH]c2C1. The number of hydrogen-bond donors (Lipinski definition) is 2. The van der Waals surface area contributed by atoms with Crippen molar-refractivity contribution in [1.82, 2.24) is 15.1 Å². The predicted octanol–water partition coefficient (Wildman–Crippen LogP) is 0.746. The van der Waals surface area contributed by atoms with Crippen LogP contribution >= 0.6 is 0 Å². The summed E-state index contributed by atoms with van der Waals surface area (Å²) in [6.07, 6.45) is 3.02. The van der Waals surface area contributed by atoms with Crippen molar-refractivity contribution in [2.75, 3.05) is 18.9 Å². The molecular formula is C11H16N4O. The normalized spacial score (nSPS) is 20.6. The molecule has 2 heterocycles. The fourth-order valence-electron chi connectivity index (χ4n) is 2.12. The number of fused-ring (bicyclic) bond motifs is 1. The summed E-state index contributed by atoms with van der Waals surface area (Å²) in [6.45, 7) is 1.92. The number of nitrogens with one attached hydrogen (secondary N) is 2. The van der Waals surface area contributed by atoms with E-state index in [0.717, 1.165) is 43.9 Å². The van der Waals surface area contributed by atoms with E-state index in [4.69, 9.17) is 0 Å². The van der Waals surface area contributed by atoms with Crippen LogP contribution in [-0.4, -0.2) is 34.6 Å². The molecule has 0 spiro atoms. The van der Waals surface area contributed by atoms with Crippen molar-refractivity contribution in [3.05, 3.63) is 11.3 Å². The van der Waals surface area contributed by atoms with Gasteiger partial charge in [0.05, 0.1) is 5.69 Å². The van der Waals surface area contributed by atoms with E-state index in [1.807, 2.05) is 0 Å². The summed E-state index contributed by atoms with van der Waals surface area (Å²) in [5.74, 6) is 1.12. The highest BCUT2D eigenvalue weighted by molar-refractivity contribution is 5.93. The van der Waals surface area contributed by atoms with Gasteiger partial charge in [0.1, 0.15) is 0 Å². The van der Waals surface area contributed by atoms with Crippen molar-refractivity contribution in [1.29, 1.82) is 0 Å². The topological polar surface area (TPSA) is 61.0 Å². The maximum atomic E-state index is 11.6. The van der Waals surface area contributed by atoms with E-state index in [0.29, 0.717) is 0 Å². The Bertz CT molecular complexity index is 422. The Hall–Kier alpha value is -1.36. The first-order chi connectivity index (χ1) is 7.74. The van der Waals surface area contributed by atoms with Crippen LogP contribution in [0.25, 0.3) is 0 Å². The van der Waals surface area contributed by atoms with Crippen LogP contribution in [0.2, 0.25) is 0 Å². The Labute approximate surface area is 94.2 Å². The molecule has 1 aliphatic carbocycles. The molecule has 1 saturated carbocycles. The van der Waals surface area contributed by atoms with Crippen LogP contribution in [0.3, 0.4) is 0 Å². The lowest BCUT2D eigenvalue weighted by atomic mass is 10.1. The van der Waals surface area contributed by atoms with Gasteiger partial charge in [-0.3, -0.25) is 9.89 Å². The minimum atomic E-state index is 0.133. The van der Waals surface area contributed by atoms with E-state index in [9.17, 15) is 4.79 Å². The van der Waals surface area contributed by atoms with Crippen LogP contribution in [0.4, 0.5) is 5.82 Å². The molecule has 5 heteroatoms. The highest BCUT2D eigenvalue weighted by atomic mass is 16.2. The molecule has 2 N–H and O–H groups in total. The molecular weight excluding hydrogens is 204 g/mol. The molecule has 5 nitrogen and oxygen atoms in total. The van der Waals surface area contributed by atoms with Crippen LogP contribution < -0.4 is 5.32 Å². The van der Waals surface area contributed by atoms with Gasteiger partial charge in [0.25, 0.3) is 0 Å². The minimum Gasteiger partial charge on any atom is -0.309 e. The molecule has 0 saturated heterocycles. The van der Waals surface area contributed by atoms with Gasteiger partial charge in [0, 0.05) is 24.6 Å². The van der Waals surface area contributed by atoms with Gasteiger partial charge in [-0.25, -0.2) is 0 Å². The summed E-state index contributed by atoms with van der Waals surface area (Å²) in [5, 5.41) is 10.1. The van der Waals surface area contributed by atoms with Gasteiger partial charge in [0.15, 0.2) is 5.82 Å². The molecule has 16 heavy (non-hydrogen) atoms. The summed E-state index contributed by atoms with van der Waals surface area (Å²) in [7, 11) is 2.09. The highest BCUT2D eigenvalue weighted by Crippen LogP contribution is 2.31. The molecule has 0 radical (unpaired) electrons. The van der Waals surface area contributed by atoms with Gasteiger partial charge >= 0.3 is 0 Å². The minimum absolute atomic E-state index is 0.133. The van der Waals surface area contributed by atoms with Crippen molar-refractivity contribution in [2.45, 2.75) is 25.8 Å². The second-order valence-electron chi connectivity index (χ2n) is 4.78. The number of nitrogens with zero attached hydrogens (tertiary/aromatic N) is 2. The summed E-state index contributed by atoms with van der Waals surface area (Å²) >= 11 is 0. The third kappa shape index (κ3) is 1.71. The van der Waals surface area contributed by atoms with E-state index >= 15 is 0 Å². The zero-order valence-electron chi connectivity index (χ0n) is 9.42. The maximum Gasteiger partial charge on any atom is 0.228 e. The number of H-pyrrole nitrogens is 1. The quantitative estimate of drug-likeness (QED) is 0.773. The number of rotatable bonds is 2. The van der Waals surface area contributed by atoms with Crippen molar-refractivity contribution in [3.8, 4) is 0 Å². The molecule has 86 valence electrons. The second kappa shape index (κ2) is 3.59. The monoisotopic (exact) mass is 220 g/mol. The fraction of sp³-hybridized carbons (Fsp3) is 0.636. The van der Waals surface area contributed by atoms with Crippen LogP contribution in [0.5, 0.6) is 0 Å². The van der Waals surface area contributed by atoms with Gasteiger partial charge in [-0.15, -0.1) is 0 Å². The molecule has 0 unspecified atom stereocenters. The number of hydrogen-bond acceptors (Lipinski definition) is 3. The van der Waals surface area contributed by atoms with Gasteiger partial charge in [-0.1, -0.05) is 0 Å². The standard InChI is InChI=1S/C11H16N4O/c1-15-5-4-8-9(6-15)13-14-10(8)12-11(16)7-2-3-7/h7H,2-6H2,1H3,(H2,12,13,14,16). The zero-order chi connectivity index (χ0) is 11.1. The first-order valence-electron chi connectivity index (χ1n) is 5.79. The van der Waals surface area contributed by atoms with E-state index in [2.05, 4.69) is 27.5 Å². The zero-order valence-corrected chi connectivity index (χ0v) is 9.42. The average Bonchev–Trinajstić information content (AvgIpc) is 3.03. The van der Waals surface area contributed by atoms with E-state index < -0.39 is 0 Å². The lowest BCUT2D eigenvalue weighted by Gasteiger charge is -2.21. The lowest BCUT2D eigenvalue weighted by Crippen LogP contribution is -2.26. The molecule has 0 aromatic carbocycles. The molecule has 0 bridgehead atoms. The number of amides is 1. The highest BCUT2D eigenvalue weighted by Gasteiger charge is 2.31. The van der Waals surface area contributed by atoms with Crippen molar-refractivity contribution >= 4 is 11.7 Å². The fourth-order valence-corrected chi connectivity index (χ4v) is 2.12. The van der Waals surface area contributed by atoms with Gasteiger partial charge < -0.3 is 10.2 Å². The summed E-state index contributed by atoms with van der Waals surface area (Å²) in [6, 6.07) is 0. The smallest absolute Gasteiger partial charge is 0.228 e. The first-order valence-corrected chi connectivity index (χ1v) is 5.79. The van der Waals surface area contributed by atoms with Gasteiger partial charge in [-0.2, -0.15) is 5.10 Å². The largest absolute Gasteiger partial charge is 0.309 e. The molecule has 1 amide bonds. The molecule has 1 aromatic heterocycles. The summed E-state index contributed by atoms with van der Waals surface area (Å²) < 4.78 is 0. The van der Waals surface area contributed by atoms with Crippen molar-refractivity contribution in [3.63, 3.8) is 0 Å². The Kier molecular flexibility index (Phi) is 2.21. The predicted molar refractivity (Wildman–Crippen MR) is 60.0 cm³/mol. The molecule has 1 aromatic rings. The third-order valence-electron chi connectivity index (χ3n) is 3.31. The van der Waals surface area contributed by atoms with Crippen molar-refractivity contribution < 1.29 is 4.79 Å². The number of carbonyl (C=O) groups excluding carboxylic acids is 1. The summed E-state index contributed by atoms with van der Waals surface area (Å²) in [5.41, 5.74) is 2.33. The Balaban J connectivity index is 1.77. The van der Waals surface area contributed by atoms with Gasteiger partial charge in [0.2, 0.25) is 5.91 Å². The molecule has 0 atom stereocenters. The second-order valence-corrected chi connectivity index (χ2v) is 4.78. The Morgan fingerprint density at radius 1 is 1.56 bits per heavy atom. The lowest BCUT2D eigenvalue weighted by molar-refractivity contribution is -0.117. The van der Waals surface area contributed by atoms with Crippen molar-refractivity contribution in [2.24, 2.45) is 5.92 Å². The average molecular weight is 220 g/mol. The number of aromatic amines is 1. The first kappa shape index (κ1) is 9.84. The van der Waals surface area contributed by atoms with E-state index in [1.165, 1.54) is 5.56 Å². The molecule has 3 rings (SSSR count). The number of anilines is 1. The van der Waals surface area contributed by atoms with Crippen LogP contribution in [0, 0.1) is 5.92 Å². The Morgan fingerprint density at radius 2 is 2.38 bits per heavy atom. The van der Waals surface area contributed by atoms with Gasteiger partial charge in [-0.05, 0) is 26.3 Å². The molecule has 1 aliphatic heterocycles. The molecule has 1 fully saturated rings. The summed E-state index contributed by atoms with van der Waals surface area (Å²) in [4.78, 5) is 13.9. The molecule has 2 aliphatic rings. The number of carbonyl (C=O) groups is 1.